The number of H-pyrrole nitrogens is 1. The molecular weight excluding hydrogens is 718 g/mol. The number of nitrogens with one attached hydrogen (secondary N) is 2. The Hall–Kier alpha value is -7.01. The molecule has 2 N–H and O–H groups in total. The summed E-state index contributed by atoms with van der Waals surface area (Å²) in [5, 5.41) is 15.0. The predicted octanol–water partition coefficient (Wildman–Crippen LogP) is 10.00. The largest absolute Gasteiger partial charge is 0.494 e. The monoisotopic (exact) mass is 759 g/mol. The van der Waals surface area contributed by atoms with Crippen LogP contribution in [-0.4, -0.2) is 42.6 Å². The van der Waals surface area contributed by atoms with Gasteiger partial charge in [0.25, 0.3) is 0 Å². The molecule has 0 aliphatic heterocycles. The molecule has 1 unspecified atom stereocenters. The van der Waals surface area contributed by atoms with Gasteiger partial charge in [-0.25, -0.2) is 9.37 Å². The molecule has 8 aromatic rings. The summed E-state index contributed by atoms with van der Waals surface area (Å²) in [5.41, 5.74) is 5.08. The Balaban J connectivity index is 1.44. The molecule has 0 fully saturated rings. The molecule has 0 saturated heterocycles. The molecule has 0 aliphatic carbocycles. The fraction of sp³-hybridized carbons (Fsp3) is 0.174. The fourth-order valence-electron chi connectivity index (χ4n) is 7.33. The topological polar surface area (TPSA) is 116 Å². The molecule has 5 aromatic carbocycles. The summed E-state index contributed by atoms with van der Waals surface area (Å²) in [6, 6.07) is 41.0. The van der Waals surface area contributed by atoms with Crippen molar-refractivity contribution >= 4 is 5.69 Å². The Morgan fingerprint density at radius 3 is 1.98 bits per heavy atom. The molecule has 0 bridgehead atoms. The van der Waals surface area contributed by atoms with Gasteiger partial charge in [0, 0.05) is 47.8 Å². The molecule has 0 spiro atoms. The second-order valence-corrected chi connectivity index (χ2v) is 13.9. The molecule has 8 rings (SSSR count). The van der Waals surface area contributed by atoms with Crippen LogP contribution >= 0.6 is 0 Å². The van der Waals surface area contributed by atoms with Crippen molar-refractivity contribution in [1.29, 1.82) is 0 Å². The van der Waals surface area contributed by atoms with Gasteiger partial charge in [0.15, 0.2) is 11.6 Å². The number of ether oxygens (including phenoxy) is 2. The molecule has 0 amide bonds. The SMILES string of the molecule is CCOc1cc(OC(C)C)c(F)c(C(Nc2ccc(-c3noc(C)n3)cc2)c2nc(-c3cn[nH]c3)cn2C(c2ccccc2)(c2ccccc2)c2ccccc2)c1. The number of aromatic nitrogens is 6. The van der Waals surface area contributed by atoms with Gasteiger partial charge in [0.2, 0.25) is 11.7 Å². The van der Waals surface area contributed by atoms with Gasteiger partial charge in [0.05, 0.1) is 24.6 Å². The van der Waals surface area contributed by atoms with Crippen LogP contribution in [0, 0.1) is 12.7 Å². The van der Waals surface area contributed by atoms with Crippen LogP contribution in [0.25, 0.3) is 22.6 Å². The van der Waals surface area contributed by atoms with E-state index in [1.807, 2.05) is 106 Å². The van der Waals surface area contributed by atoms with Crippen LogP contribution in [-0.2, 0) is 5.54 Å². The molecular formula is C46H42FN7O3. The van der Waals surface area contributed by atoms with Gasteiger partial charge in [-0.1, -0.05) is 96.2 Å². The lowest BCUT2D eigenvalue weighted by atomic mass is 9.76. The van der Waals surface area contributed by atoms with E-state index in [9.17, 15) is 0 Å². The third kappa shape index (κ3) is 7.27. The number of hydrogen-bond acceptors (Lipinski definition) is 8. The molecule has 57 heavy (non-hydrogen) atoms. The summed E-state index contributed by atoms with van der Waals surface area (Å²) >= 11 is 0. The Bertz CT molecular complexity index is 2440. The number of benzene rings is 5. The average molecular weight is 760 g/mol. The number of aryl methyl sites for hydroxylation is 1. The lowest BCUT2D eigenvalue weighted by Gasteiger charge is -2.39. The second kappa shape index (κ2) is 16.0. The second-order valence-electron chi connectivity index (χ2n) is 13.9. The van der Waals surface area contributed by atoms with E-state index in [4.69, 9.17) is 19.0 Å². The standard InChI is InChI=1S/C46H42FN7O3/c1-5-55-38-25-39(42(47)41(26-38)56-30(2)3)43(51-37-23-21-32(22-24-37)44-50-31(4)57-53-44)45-52-40(33-27-48-49-28-33)29-54(45)46(34-15-9-6-10-16-34,35-17-11-7-12-18-35)36-19-13-8-14-20-36/h6-30,43,51H,5H2,1-4H3,(H,48,49). The van der Waals surface area contributed by atoms with Crippen molar-refractivity contribution < 1.29 is 18.4 Å². The zero-order chi connectivity index (χ0) is 39.4. The van der Waals surface area contributed by atoms with Crippen molar-refractivity contribution in [2.45, 2.75) is 45.4 Å². The molecule has 3 heterocycles. The highest BCUT2D eigenvalue weighted by Crippen LogP contribution is 2.46. The maximum atomic E-state index is 17.4. The molecule has 0 radical (unpaired) electrons. The highest BCUT2D eigenvalue weighted by atomic mass is 19.1. The van der Waals surface area contributed by atoms with Gasteiger partial charge in [-0.15, -0.1) is 0 Å². The predicted molar refractivity (Wildman–Crippen MR) is 218 cm³/mol. The summed E-state index contributed by atoms with van der Waals surface area (Å²) in [5.74, 6) is 1.47. The van der Waals surface area contributed by atoms with Crippen LogP contribution in [0.4, 0.5) is 10.1 Å². The maximum Gasteiger partial charge on any atom is 0.223 e. The van der Waals surface area contributed by atoms with Crippen LogP contribution in [0.15, 0.2) is 151 Å². The van der Waals surface area contributed by atoms with Crippen molar-refractivity contribution in [3.05, 3.63) is 186 Å². The zero-order valence-electron chi connectivity index (χ0n) is 32.1. The Morgan fingerprint density at radius 2 is 1.46 bits per heavy atom. The molecule has 10 nitrogen and oxygen atoms in total. The summed E-state index contributed by atoms with van der Waals surface area (Å²) in [4.78, 5) is 9.80. The Labute approximate surface area is 330 Å². The first kappa shape index (κ1) is 36.9. The van der Waals surface area contributed by atoms with Gasteiger partial charge in [-0.3, -0.25) is 5.10 Å². The van der Waals surface area contributed by atoms with Gasteiger partial charge >= 0.3 is 0 Å². The van der Waals surface area contributed by atoms with Gasteiger partial charge in [-0.05, 0) is 67.8 Å². The smallest absolute Gasteiger partial charge is 0.223 e. The number of anilines is 1. The van der Waals surface area contributed by atoms with Crippen molar-refractivity contribution in [2.24, 2.45) is 0 Å². The third-order valence-corrected chi connectivity index (χ3v) is 9.73. The van der Waals surface area contributed by atoms with Gasteiger partial charge < -0.3 is 23.9 Å². The van der Waals surface area contributed by atoms with Crippen molar-refractivity contribution in [3.63, 3.8) is 0 Å². The summed E-state index contributed by atoms with van der Waals surface area (Å²) in [6.07, 6.45) is 5.27. The van der Waals surface area contributed by atoms with Crippen LogP contribution in [0.3, 0.4) is 0 Å². The minimum atomic E-state index is -1.00. The lowest BCUT2D eigenvalue weighted by molar-refractivity contribution is 0.228. The zero-order valence-corrected chi connectivity index (χ0v) is 32.1. The number of aromatic amines is 1. The highest BCUT2D eigenvalue weighted by Gasteiger charge is 2.42. The van der Waals surface area contributed by atoms with Gasteiger partial charge in [-0.2, -0.15) is 10.1 Å². The summed E-state index contributed by atoms with van der Waals surface area (Å²) < 4.78 is 36.9. The van der Waals surface area contributed by atoms with Gasteiger partial charge in [0.1, 0.15) is 23.2 Å². The lowest BCUT2D eigenvalue weighted by Crippen LogP contribution is -2.39. The first-order chi connectivity index (χ1) is 27.8. The molecule has 286 valence electrons. The number of rotatable bonds is 14. The van der Waals surface area contributed by atoms with Crippen LogP contribution in [0.5, 0.6) is 11.5 Å². The molecule has 0 saturated carbocycles. The first-order valence-corrected chi connectivity index (χ1v) is 18.9. The first-order valence-electron chi connectivity index (χ1n) is 18.9. The number of halogens is 1. The van der Waals surface area contributed by atoms with Crippen LogP contribution in [0.1, 0.15) is 60.8 Å². The van der Waals surface area contributed by atoms with Crippen molar-refractivity contribution in [2.75, 3.05) is 11.9 Å². The number of hydrogen-bond donors (Lipinski definition) is 2. The van der Waals surface area contributed by atoms with E-state index in [0.29, 0.717) is 41.3 Å². The van der Waals surface area contributed by atoms with Crippen molar-refractivity contribution in [1.82, 2.24) is 29.9 Å². The van der Waals surface area contributed by atoms with E-state index in [-0.39, 0.29) is 17.4 Å². The third-order valence-electron chi connectivity index (χ3n) is 9.73. The van der Waals surface area contributed by atoms with E-state index in [1.165, 1.54) is 0 Å². The van der Waals surface area contributed by atoms with Crippen molar-refractivity contribution in [3.8, 4) is 34.1 Å². The Morgan fingerprint density at radius 1 is 0.825 bits per heavy atom. The highest BCUT2D eigenvalue weighted by molar-refractivity contribution is 5.63. The average Bonchev–Trinajstić information content (AvgIpc) is 4.03. The van der Waals surface area contributed by atoms with Crippen LogP contribution < -0.4 is 14.8 Å². The van der Waals surface area contributed by atoms with E-state index in [2.05, 4.69) is 66.6 Å². The molecule has 11 heteroatoms. The maximum absolute atomic E-state index is 17.4. The minimum Gasteiger partial charge on any atom is -0.494 e. The quantitative estimate of drug-likeness (QED) is 0.105. The molecule has 3 aromatic heterocycles. The summed E-state index contributed by atoms with van der Waals surface area (Å²) in [6.45, 7) is 7.76. The fourth-order valence-corrected chi connectivity index (χ4v) is 7.33. The van der Waals surface area contributed by atoms with E-state index >= 15 is 4.39 Å². The van der Waals surface area contributed by atoms with E-state index < -0.39 is 17.4 Å². The summed E-state index contributed by atoms with van der Waals surface area (Å²) in [7, 11) is 0. The normalized spacial score (nSPS) is 12.1. The Kier molecular flexibility index (Phi) is 10.4. The van der Waals surface area contributed by atoms with E-state index in [0.717, 1.165) is 27.8 Å². The number of imidazole rings is 1. The molecule has 1 atom stereocenters. The number of nitrogens with zero attached hydrogens (tertiary/aromatic N) is 5. The van der Waals surface area contributed by atoms with Crippen LogP contribution in [0.2, 0.25) is 0 Å². The van der Waals surface area contributed by atoms with E-state index in [1.54, 1.807) is 31.5 Å². The minimum absolute atomic E-state index is 0.0779. The molecule has 0 aliphatic rings.